The van der Waals surface area contributed by atoms with Crippen molar-refractivity contribution in [3.8, 4) is 0 Å². The van der Waals surface area contributed by atoms with Crippen LogP contribution in [0.5, 0.6) is 0 Å². The predicted molar refractivity (Wildman–Crippen MR) is 83.3 cm³/mol. The maximum absolute atomic E-state index is 12.4. The maximum atomic E-state index is 12.4. The van der Waals surface area contributed by atoms with E-state index < -0.39 is 10.2 Å². The maximum Gasteiger partial charge on any atom is 0.301 e. The molecule has 7 nitrogen and oxygen atoms in total. The molecule has 1 aromatic rings. The van der Waals surface area contributed by atoms with E-state index in [9.17, 15) is 8.42 Å². The molecule has 0 radical (unpaired) electrons. The number of nitrogens with one attached hydrogen (secondary N) is 2. The molecule has 1 aliphatic rings. The molecular weight excluding hydrogens is 290 g/mol. The lowest BCUT2D eigenvalue weighted by Gasteiger charge is -2.31. The van der Waals surface area contributed by atoms with Gasteiger partial charge in [-0.2, -0.15) is 17.8 Å². The van der Waals surface area contributed by atoms with Gasteiger partial charge in [0.25, 0.3) is 0 Å². The number of rotatable bonds is 7. The number of hydrogen-bond acceptors (Lipinski definition) is 4. The van der Waals surface area contributed by atoms with Crippen LogP contribution in [0.1, 0.15) is 26.7 Å². The topological polar surface area (TPSA) is 79.3 Å². The zero-order valence-corrected chi connectivity index (χ0v) is 13.6. The van der Waals surface area contributed by atoms with Crippen molar-refractivity contribution in [3.05, 3.63) is 12.4 Å². The van der Waals surface area contributed by atoms with Crippen LogP contribution in [-0.2, 0) is 16.8 Å². The molecule has 2 heterocycles. The Balaban J connectivity index is 1.97. The van der Waals surface area contributed by atoms with Gasteiger partial charge < -0.3 is 5.32 Å². The normalized spacial score (nSPS) is 20.6. The molecule has 1 aromatic heterocycles. The van der Waals surface area contributed by atoms with E-state index in [1.165, 1.54) is 0 Å². The van der Waals surface area contributed by atoms with Crippen LogP contribution in [-0.4, -0.2) is 48.7 Å². The van der Waals surface area contributed by atoms with E-state index in [2.05, 4.69) is 22.1 Å². The molecule has 21 heavy (non-hydrogen) atoms. The molecule has 1 unspecified atom stereocenters. The molecule has 0 amide bonds. The Morgan fingerprint density at radius 2 is 2.24 bits per heavy atom. The van der Waals surface area contributed by atoms with Gasteiger partial charge in [0.1, 0.15) is 0 Å². The molecular formula is C13H25N5O2S. The fourth-order valence-corrected chi connectivity index (χ4v) is 3.87. The SMILES string of the molecule is CCNCC1CCCN(S(=O)(=O)Nc2cnn(CC)c2)C1. The molecule has 2 N–H and O–H groups in total. The molecule has 0 spiro atoms. The van der Waals surface area contributed by atoms with Crippen molar-refractivity contribution in [1.29, 1.82) is 0 Å². The Kier molecular flexibility index (Phi) is 5.60. The fourth-order valence-electron chi connectivity index (χ4n) is 2.56. The van der Waals surface area contributed by atoms with E-state index in [0.29, 0.717) is 24.7 Å². The molecule has 120 valence electrons. The first kappa shape index (κ1) is 16.3. The summed E-state index contributed by atoms with van der Waals surface area (Å²) in [6, 6.07) is 0. The predicted octanol–water partition coefficient (Wildman–Crippen LogP) is 0.881. The van der Waals surface area contributed by atoms with Crippen LogP contribution in [0.3, 0.4) is 0 Å². The van der Waals surface area contributed by atoms with Gasteiger partial charge >= 0.3 is 10.2 Å². The van der Waals surface area contributed by atoms with Gasteiger partial charge in [-0.25, -0.2) is 0 Å². The van der Waals surface area contributed by atoms with Gasteiger partial charge in [-0.3, -0.25) is 9.40 Å². The second kappa shape index (κ2) is 7.24. The van der Waals surface area contributed by atoms with Crippen molar-refractivity contribution in [3.63, 3.8) is 0 Å². The molecule has 1 atom stereocenters. The Labute approximate surface area is 126 Å². The van der Waals surface area contributed by atoms with Crippen LogP contribution in [0.15, 0.2) is 12.4 Å². The summed E-state index contributed by atoms with van der Waals surface area (Å²) in [6.07, 6.45) is 5.23. The van der Waals surface area contributed by atoms with Crippen LogP contribution in [0.2, 0.25) is 0 Å². The first-order valence-corrected chi connectivity index (χ1v) is 9.00. The first-order valence-electron chi connectivity index (χ1n) is 7.56. The number of nitrogens with zero attached hydrogens (tertiary/aromatic N) is 3. The fraction of sp³-hybridized carbons (Fsp3) is 0.769. The third-order valence-corrected chi connectivity index (χ3v) is 5.21. The Morgan fingerprint density at radius 3 is 2.90 bits per heavy atom. The van der Waals surface area contributed by atoms with Gasteiger partial charge in [-0.05, 0) is 38.8 Å². The van der Waals surface area contributed by atoms with E-state index in [-0.39, 0.29) is 0 Å². The van der Waals surface area contributed by atoms with Gasteiger partial charge in [0, 0.05) is 25.8 Å². The minimum Gasteiger partial charge on any atom is -0.317 e. The molecule has 0 aromatic carbocycles. The van der Waals surface area contributed by atoms with Crippen molar-refractivity contribution in [2.75, 3.05) is 30.9 Å². The second-order valence-corrected chi connectivity index (χ2v) is 7.04. The minimum atomic E-state index is -3.49. The third kappa shape index (κ3) is 4.42. The quantitative estimate of drug-likeness (QED) is 0.783. The monoisotopic (exact) mass is 315 g/mol. The number of piperidine rings is 1. The highest BCUT2D eigenvalue weighted by Crippen LogP contribution is 2.20. The summed E-state index contributed by atoms with van der Waals surface area (Å²) >= 11 is 0. The van der Waals surface area contributed by atoms with Gasteiger partial charge in [0.2, 0.25) is 0 Å². The number of aryl methyl sites for hydroxylation is 1. The van der Waals surface area contributed by atoms with Gasteiger partial charge in [0.05, 0.1) is 11.9 Å². The standard InChI is InChI=1S/C13H25N5O2S/c1-3-14-8-12-6-5-7-18(10-12)21(19,20)16-13-9-15-17(4-2)11-13/h9,11-12,14,16H,3-8,10H2,1-2H3. The van der Waals surface area contributed by atoms with Gasteiger partial charge in [-0.1, -0.05) is 6.92 Å². The van der Waals surface area contributed by atoms with Crippen LogP contribution >= 0.6 is 0 Å². The molecule has 0 saturated carbocycles. The molecule has 0 bridgehead atoms. The van der Waals surface area contributed by atoms with Crippen molar-refractivity contribution >= 4 is 15.9 Å². The largest absolute Gasteiger partial charge is 0.317 e. The highest BCUT2D eigenvalue weighted by molar-refractivity contribution is 7.90. The Morgan fingerprint density at radius 1 is 1.43 bits per heavy atom. The van der Waals surface area contributed by atoms with Crippen LogP contribution in [0.4, 0.5) is 5.69 Å². The number of hydrogen-bond donors (Lipinski definition) is 2. The van der Waals surface area contributed by atoms with Crippen LogP contribution < -0.4 is 10.0 Å². The molecule has 2 rings (SSSR count). The molecule has 8 heteroatoms. The van der Waals surface area contributed by atoms with Crippen molar-refractivity contribution in [1.82, 2.24) is 19.4 Å². The minimum absolute atomic E-state index is 0.383. The van der Waals surface area contributed by atoms with Gasteiger partial charge in [-0.15, -0.1) is 0 Å². The van der Waals surface area contributed by atoms with E-state index in [1.54, 1.807) is 21.4 Å². The molecule has 1 saturated heterocycles. The number of anilines is 1. The third-order valence-electron chi connectivity index (χ3n) is 3.71. The van der Waals surface area contributed by atoms with E-state index in [1.807, 2.05) is 6.92 Å². The first-order chi connectivity index (χ1) is 10.0. The summed E-state index contributed by atoms with van der Waals surface area (Å²) in [5, 5.41) is 7.38. The summed E-state index contributed by atoms with van der Waals surface area (Å²) < 4.78 is 30.7. The molecule has 1 aliphatic heterocycles. The van der Waals surface area contributed by atoms with Gasteiger partial charge in [0.15, 0.2) is 0 Å². The smallest absolute Gasteiger partial charge is 0.301 e. The highest BCUT2D eigenvalue weighted by atomic mass is 32.2. The average Bonchev–Trinajstić information content (AvgIpc) is 2.92. The Bertz CT molecular complexity index is 543. The van der Waals surface area contributed by atoms with E-state index in [4.69, 9.17) is 0 Å². The Hall–Kier alpha value is -1.12. The summed E-state index contributed by atoms with van der Waals surface area (Å²) in [6.45, 7) is 7.68. The van der Waals surface area contributed by atoms with Crippen molar-refractivity contribution < 1.29 is 8.42 Å². The molecule has 1 fully saturated rings. The van der Waals surface area contributed by atoms with E-state index in [0.717, 1.165) is 32.5 Å². The van der Waals surface area contributed by atoms with Crippen LogP contribution in [0, 0.1) is 5.92 Å². The summed E-state index contributed by atoms with van der Waals surface area (Å²) in [7, 11) is -3.49. The van der Waals surface area contributed by atoms with Crippen LogP contribution in [0.25, 0.3) is 0 Å². The van der Waals surface area contributed by atoms with E-state index >= 15 is 0 Å². The van der Waals surface area contributed by atoms with Crippen molar-refractivity contribution in [2.24, 2.45) is 5.92 Å². The average molecular weight is 315 g/mol. The summed E-state index contributed by atoms with van der Waals surface area (Å²) in [5.74, 6) is 0.383. The highest BCUT2D eigenvalue weighted by Gasteiger charge is 2.28. The molecule has 0 aliphatic carbocycles. The number of aromatic nitrogens is 2. The summed E-state index contributed by atoms with van der Waals surface area (Å²) in [5.41, 5.74) is 0.519. The summed E-state index contributed by atoms with van der Waals surface area (Å²) in [4.78, 5) is 0. The lowest BCUT2D eigenvalue weighted by atomic mass is 10.00. The zero-order valence-electron chi connectivity index (χ0n) is 12.7. The zero-order chi connectivity index (χ0) is 15.3. The lowest BCUT2D eigenvalue weighted by molar-refractivity contribution is 0.262. The lowest BCUT2D eigenvalue weighted by Crippen LogP contribution is -2.45. The second-order valence-electron chi connectivity index (χ2n) is 5.37. The van der Waals surface area contributed by atoms with Crippen molar-refractivity contribution in [2.45, 2.75) is 33.2 Å².